The Bertz CT molecular complexity index is 1490. The minimum absolute atomic E-state index is 0.0111. The number of alkyl halides is 4. The molecule has 0 N–H and O–H groups in total. The maximum absolute atomic E-state index is 12.8. The van der Waals surface area contributed by atoms with Crippen LogP contribution in [0, 0.1) is 13.8 Å². The van der Waals surface area contributed by atoms with Crippen LogP contribution in [-0.4, -0.2) is 57.2 Å². The molecule has 0 saturated heterocycles. The molecule has 224 valence electrons. The molecule has 8 nitrogen and oxygen atoms in total. The van der Waals surface area contributed by atoms with Crippen molar-refractivity contribution in [3.8, 4) is 0 Å². The van der Waals surface area contributed by atoms with Crippen molar-refractivity contribution >= 4 is 50.2 Å². The first-order valence-corrected chi connectivity index (χ1v) is 15.7. The van der Waals surface area contributed by atoms with Crippen LogP contribution in [-0.2, 0) is 25.5 Å². The van der Waals surface area contributed by atoms with Gasteiger partial charge >= 0.3 is 6.18 Å². The van der Waals surface area contributed by atoms with E-state index in [9.17, 15) is 31.2 Å². The maximum atomic E-state index is 12.8. The fraction of sp³-hybridized carbons (Fsp3) is 0.444. The lowest BCUT2D eigenvalue weighted by atomic mass is 10.0. The first-order chi connectivity index (χ1) is 19.1. The Hall–Kier alpha value is -2.74. The number of carbonyl (C=O) groups excluding carboxylic acids is 2. The molecule has 14 heteroatoms. The average molecular weight is 635 g/mol. The lowest BCUT2D eigenvalue weighted by molar-refractivity contribution is -0.137. The van der Waals surface area contributed by atoms with Crippen LogP contribution in [0.25, 0.3) is 0 Å². The standard InChI is InChI=1S/C15H12F3NO4S.C12H18ClNO2S/c1-24(21,22)12-6-9(15(16,17)18)4-5-10(12)13(20)11-7-19-23-14(11)8-2-3-8;1-8-7-17-10(3)12(8)14(11(15)5-13)9(2)6-16-4/h4-8H,2-3H2,1H3;7,9H,5-6H2,1-4H3/t;9-/m.0/s1. The molecule has 0 spiro atoms. The van der Waals surface area contributed by atoms with Crippen molar-refractivity contribution in [3.05, 3.63) is 62.7 Å². The SMILES string of the molecule is COC[C@H](C)N(C(=O)CCl)c1c(C)csc1C.CS(=O)(=O)c1cc(C(F)(F)F)ccc1C(=O)c1cnoc1C1CC1. The van der Waals surface area contributed by atoms with Crippen LogP contribution < -0.4 is 4.90 Å². The number of anilines is 1. The Kier molecular flexibility index (Phi) is 10.4. The topological polar surface area (TPSA) is 107 Å². The van der Waals surface area contributed by atoms with Crippen LogP contribution in [0.15, 0.2) is 39.2 Å². The zero-order chi connectivity index (χ0) is 30.7. The fourth-order valence-electron chi connectivity index (χ4n) is 4.29. The number of methoxy groups -OCH3 is 1. The van der Waals surface area contributed by atoms with Crippen LogP contribution in [0.1, 0.15) is 63.4 Å². The van der Waals surface area contributed by atoms with E-state index >= 15 is 0 Å². The summed E-state index contributed by atoms with van der Waals surface area (Å²) in [7, 11) is -2.41. The van der Waals surface area contributed by atoms with E-state index < -0.39 is 32.3 Å². The second-order valence-electron chi connectivity index (χ2n) is 9.71. The number of ketones is 1. The summed E-state index contributed by atoms with van der Waals surface area (Å²) in [5.74, 6) is -0.418. The molecule has 1 fully saturated rings. The average Bonchev–Trinajstić information content (AvgIpc) is 3.54. The van der Waals surface area contributed by atoms with Gasteiger partial charge in [-0.1, -0.05) is 5.16 Å². The predicted molar refractivity (Wildman–Crippen MR) is 150 cm³/mol. The van der Waals surface area contributed by atoms with Gasteiger partial charge in [0, 0.05) is 29.7 Å². The molecule has 2 heterocycles. The predicted octanol–water partition coefficient (Wildman–Crippen LogP) is 6.18. The summed E-state index contributed by atoms with van der Waals surface area (Å²) in [5.41, 5.74) is 0.712. The second kappa shape index (κ2) is 13.1. The number of ether oxygens (including phenoxy) is 1. The van der Waals surface area contributed by atoms with Crippen LogP contribution >= 0.6 is 22.9 Å². The van der Waals surface area contributed by atoms with E-state index in [4.69, 9.17) is 20.9 Å². The van der Waals surface area contributed by atoms with E-state index in [1.54, 1.807) is 23.3 Å². The van der Waals surface area contributed by atoms with E-state index in [0.717, 1.165) is 41.3 Å². The van der Waals surface area contributed by atoms with Crippen molar-refractivity contribution in [1.82, 2.24) is 5.16 Å². The minimum Gasteiger partial charge on any atom is -0.383 e. The van der Waals surface area contributed by atoms with Crippen molar-refractivity contribution in [3.63, 3.8) is 0 Å². The van der Waals surface area contributed by atoms with Crippen LogP contribution in [0.4, 0.5) is 18.9 Å². The smallest absolute Gasteiger partial charge is 0.383 e. The number of amides is 1. The molecule has 1 saturated carbocycles. The quantitative estimate of drug-likeness (QED) is 0.204. The number of halogens is 4. The maximum Gasteiger partial charge on any atom is 0.416 e. The minimum atomic E-state index is -4.71. The third kappa shape index (κ3) is 7.76. The first kappa shape index (κ1) is 32.8. The van der Waals surface area contributed by atoms with Gasteiger partial charge in [-0.2, -0.15) is 13.2 Å². The van der Waals surface area contributed by atoms with E-state index in [0.29, 0.717) is 24.5 Å². The van der Waals surface area contributed by atoms with E-state index in [2.05, 4.69) is 10.5 Å². The number of sulfone groups is 1. The molecule has 1 aliphatic carbocycles. The first-order valence-electron chi connectivity index (χ1n) is 12.4. The molecule has 1 atom stereocenters. The Morgan fingerprint density at radius 2 is 1.90 bits per heavy atom. The van der Waals surface area contributed by atoms with Gasteiger partial charge in [0.25, 0.3) is 0 Å². The zero-order valence-corrected chi connectivity index (χ0v) is 25.4. The third-order valence-corrected chi connectivity index (χ3v) is 8.72. The highest BCUT2D eigenvalue weighted by Crippen LogP contribution is 2.42. The summed E-state index contributed by atoms with van der Waals surface area (Å²) in [5, 5.41) is 5.61. The van der Waals surface area contributed by atoms with Gasteiger partial charge in [0.05, 0.1) is 40.6 Å². The van der Waals surface area contributed by atoms with Crippen LogP contribution in [0.3, 0.4) is 0 Å². The summed E-state index contributed by atoms with van der Waals surface area (Å²) in [6.07, 6.45) is -1.14. The summed E-state index contributed by atoms with van der Waals surface area (Å²) < 4.78 is 72.4. The highest BCUT2D eigenvalue weighted by Gasteiger charge is 2.36. The number of carbonyl (C=O) groups is 2. The molecule has 41 heavy (non-hydrogen) atoms. The highest BCUT2D eigenvalue weighted by molar-refractivity contribution is 7.90. The number of hydrogen-bond acceptors (Lipinski definition) is 8. The molecule has 1 aliphatic rings. The van der Waals surface area contributed by atoms with Crippen molar-refractivity contribution in [1.29, 1.82) is 0 Å². The molecule has 1 aromatic carbocycles. The van der Waals surface area contributed by atoms with Gasteiger partial charge in [0.1, 0.15) is 5.88 Å². The molecule has 4 rings (SSSR count). The van der Waals surface area contributed by atoms with Gasteiger partial charge in [-0.15, -0.1) is 22.9 Å². The van der Waals surface area contributed by atoms with Gasteiger partial charge in [-0.25, -0.2) is 8.42 Å². The second-order valence-corrected chi connectivity index (χ2v) is 13.0. The zero-order valence-electron chi connectivity index (χ0n) is 23.0. The fourth-order valence-corrected chi connectivity index (χ4v) is 6.16. The van der Waals surface area contributed by atoms with Gasteiger partial charge in [0.2, 0.25) is 5.91 Å². The summed E-state index contributed by atoms with van der Waals surface area (Å²) >= 11 is 7.33. The molecule has 0 aliphatic heterocycles. The number of hydrogen-bond donors (Lipinski definition) is 0. The molecule has 0 radical (unpaired) electrons. The molecule has 2 aromatic heterocycles. The summed E-state index contributed by atoms with van der Waals surface area (Å²) in [6, 6.07) is 2.03. The van der Waals surface area contributed by atoms with Crippen molar-refractivity contribution < 1.29 is 40.4 Å². The van der Waals surface area contributed by atoms with E-state index in [-0.39, 0.29) is 34.9 Å². The van der Waals surface area contributed by atoms with Crippen LogP contribution in [0.2, 0.25) is 0 Å². The normalized spacial score (nSPS) is 14.3. The number of benzene rings is 1. The number of rotatable bonds is 9. The molecular weight excluding hydrogens is 605 g/mol. The van der Waals surface area contributed by atoms with Crippen molar-refractivity contribution in [2.24, 2.45) is 0 Å². The largest absolute Gasteiger partial charge is 0.416 e. The molecule has 0 bridgehead atoms. The summed E-state index contributed by atoms with van der Waals surface area (Å²) in [4.78, 5) is 26.8. The number of thiophene rings is 1. The molecular formula is C27H30ClF3N2O6S2. The van der Waals surface area contributed by atoms with Gasteiger partial charge in [-0.05, 0) is 62.8 Å². The number of nitrogens with zero attached hydrogens (tertiary/aromatic N) is 2. The van der Waals surface area contributed by atoms with Gasteiger partial charge in [-0.3, -0.25) is 9.59 Å². The van der Waals surface area contributed by atoms with E-state index in [1.807, 2.05) is 20.8 Å². The lowest BCUT2D eigenvalue weighted by Crippen LogP contribution is -2.42. The molecule has 1 amide bonds. The van der Waals surface area contributed by atoms with Gasteiger partial charge < -0.3 is 14.2 Å². The van der Waals surface area contributed by atoms with E-state index in [1.165, 1.54) is 6.20 Å². The number of aryl methyl sites for hydroxylation is 2. The van der Waals surface area contributed by atoms with Crippen molar-refractivity contribution in [2.45, 2.75) is 56.6 Å². The molecule has 0 unspecified atom stereocenters. The third-order valence-electron chi connectivity index (χ3n) is 6.34. The Balaban J connectivity index is 0.000000241. The Morgan fingerprint density at radius 3 is 2.39 bits per heavy atom. The molecule has 3 aromatic rings. The van der Waals surface area contributed by atoms with Crippen LogP contribution in [0.5, 0.6) is 0 Å². The van der Waals surface area contributed by atoms with Crippen molar-refractivity contribution in [2.75, 3.05) is 30.8 Å². The highest BCUT2D eigenvalue weighted by atomic mass is 35.5. The Morgan fingerprint density at radius 1 is 1.24 bits per heavy atom. The lowest BCUT2D eigenvalue weighted by Gasteiger charge is -2.29. The Labute approximate surface area is 245 Å². The van der Waals surface area contributed by atoms with Gasteiger partial charge in [0.15, 0.2) is 21.4 Å². The number of aromatic nitrogens is 1. The monoisotopic (exact) mass is 634 g/mol. The summed E-state index contributed by atoms with van der Waals surface area (Å²) in [6.45, 7) is 6.48.